The molecule has 0 aromatic heterocycles. The fraction of sp³-hybridized carbons (Fsp3) is 0.875. The minimum atomic E-state index is -0.259. The number of nitrogens with one attached hydrogen (secondary N) is 1. The molecule has 3 atom stereocenters. The van der Waals surface area contributed by atoms with Crippen LogP contribution in [0.2, 0.25) is 0 Å². The molecule has 5 nitrogen and oxygen atoms in total. The Morgan fingerprint density at radius 1 is 1.19 bits per heavy atom. The summed E-state index contributed by atoms with van der Waals surface area (Å²) in [5, 5.41) is 2.68. The van der Waals surface area contributed by atoms with Gasteiger partial charge in [-0.25, -0.2) is 0 Å². The SMILES string of the molecule is CNC(=O)C1CCCCN1C(=O)CCC1CCCC(N)C1. The molecular weight excluding hydrogens is 266 g/mol. The van der Waals surface area contributed by atoms with Gasteiger partial charge in [0.1, 0.15) is 6.04 Å². The van der Waals surface area contributed by atoms with Crippen LogP contribution in [0.15, 0.2) is 0 Å². The molecule has 0 aromatic carbocycles. The van der Waals surface area contributed by atoms with Crippen molar-refractivity contribution in [2.24, 2.45) is 11.7 Å². The maximum absolute atomic E-state index is 12.5. The minimum Gasteiger partial charge on any atom is -0.357 e. The zero-order valence-electron chi connectivity index (χ0n) is 13.1. The van der Waals surface area contributed by atoms with Crippen LogP contribution in [-0.2, 0) is 9.59 Å². The van der Waals surface area contributed by atoms with Crippen molar-refractivity contribution in [3.8, 4) is 0 Å². The topological polar surface area (TPSA) is 75.4 Å². The van der Waals surface area contributed by atoms with Crippen LogP contribution < -0.4 is 11.1 Å². The third-order valence-corrected chi connectivity index (χ3v) is 4.96. The molecule has 0 radical (unpaired) electrons. The van der Waals surface area contributed by atoms with E-state index in [1.54, 1.807) is 11.9 Å². The van der Waals surface area contributed by atoms with E-state index in [4.69, 9.17) is 5.73 Å². The van der Waals surface area contributed by atoms with Crippen LogP contribution in [0.4, 0.5) is 0 Å². The molecule has 0 aromatic rings. The Kier molecular flexibility index (Phi) is 6.03. The highest BCUT2D eigenvalue weighted by Gasteiger charge is 2.31. The van der Waals surface area contributed by atoms with Crippen LogP contribution in [-0.4, -0.2) is 42.4 Å². The minimum absolute atomic E-state index is 0.0252. The van der Waals surface area contributed by atoms with Crippen molar-refractivity contribution in [2.45, 2.75) is 69.9 Å². The highest BCUT2D eigenvalue weighted by molar-refractivity contribution is 5.87. The second-order valence-corrected chi connectivity index (χ2v) is 6.54. The van der Waals surface area contributed by atoms with Gasteiger partial charge in [-0.15, -0.1) is 0 Å². The molecule has 1 saturated carbocycles. The number of carbonyl (C=O) groups excluding carboxylic acids is 2. The van der Waals surface area contributed by atoms with Gasteiger partial charge in [0.25, 0.3) is 0 Å². The van der Waals surface area contributed by atoms with Crippen LogP contribution in [0.5, 0.6) is 0 Å². The number of nitrogens with two attached hydrogens (primary N) is 1. The fourth-order valence-electron chi connectivity index (χ4n) is 3.74. The van der Waals surface area contributed by atoms with Crippen LogP contribution in [0.1, 0.15) is 57.8 Å². The summed E-state index contributed by atoms with van der Waals surface area (Å²) < 4.78 is 0. The van der Waals surface area contributed by atoms with Crippen molar-refractivity contribution in [2.75, 3.05) is 13.6 Å². The molecule has 0 spiro atoms. The summed E-state index contributed by atoms with van der Waals surface area (Å²) >= 11 is 0. The van der Waals surface area contributed by atoms with Crippen molar-refractivity contribution in [3.63, 3.8) is 0 Å². The first-order chi connectivity index (χ1) is 10.1. The summed E-state index contributed by atoms with van der Waals surface area (Å²) in [7, 11) is 1.64. The van der Waals surface area contributed by atoms with E-state index in [1.807, 2.05) is 0 Å². The summed E-state index contributed by atoms with van der Waals surface area (Å²) in [6.45, 7) is 0.723. The maximum Gasteiger partial charge on any atom is 0.242 e. The molecule has 0 bridgehead atoms. The molecule has 1 aliphatic heterocycles. The van der Waals surface area contributed by atoms with Crippen LogP contribution in [0.25, 0.3) is 0 Å². The molecular formula is C16H29N3O2. The standard InChI is InChI=1S/C16H29N3O2/c1-18-16(21)14-7-2-3-10-19(14)15(20)9-8-12-5-4-6-13(17)11-12/h12-14H,2-11,17H2,1H3,(H,18,21). The molecule has 1 saturated heterocycles. The van der Waals surface area contributed by atoms with Gasteiger partial charge in [0.05, 0.1) is 0 Å². The largest absolute Gasteiger partial charge is 0.357 e. The molecule has 5 heteroatoms. The summed E-state index contributed by atoms with van der Waals surface area (Å²) in [5.74, 6) is 0.700. The number of nitrogens with zero attached hydrogens (tertiary/aromatic N) is 1. The number of piperidine rings is 1. The molecule has 21 heavy (non-hydrogen) atoms. The zero-order chi connectivity index (χ0) is 15.2. The lowest BCUT2D eigenvalue weighted by Crippen LogP contribution is -2.51. The first-order valence-corrected chi connectivity index (χ1v) is 8.38. The molecule has 1 heterocycles. The van der Waals surface area contributed by atoms with E-state index in [2.05, 4.69) is 5.32 Å². The zero-order valence-corrected chi connectivity index (χ0v) is 13.1. The van der Waals surface area contributed by atoms with Gasteiger partial charge in [-0.05, 0) is 44.4 Å². The summed E-state index contributed by atoms with van der Waals surface area (Å²) in [6.07, 6.45) is 8.85. The molecule has 2 fully saturated rings. The van der Waals surface area contributed by atoms with E-state index in [0.717, 1.165) is 45.1 Å². The molecule has 2 aliphatic rings. The molecule has 1 aliphatic carbocycles. The van der Waals surface area contributed by atoms with Crippen LogP contribution >= 0.6 is 0 Å². The van der Waals surface area contributed by atoms with E-state index < -0.39 is 0 Å². The first kappa shape index (κ1) is 16.3. The van der Waals surface area contributed by atoms with Gasteiger partial charge in [0, 0.05) is 26.1 Å². The van der Waals surface area contributed by atoms with Gasteiger partial charge in [0.2, 0.25) is 11.8 Å². The number of hydrogen-bond acceptors (Lipinski definition) is 3. The van der Waals surface area contributed by atoms with Crippen molar-refractivity contribution in [1.29, 1.82) is 0 Å². The molecule has 3 N–H and O–H groups in total. The Hall–Kier alpha value is -1.10. The van der Waals surface area contributed by atoms with E-state index in [-0.39, 0.29) is 17.9 Å². The third kappa shape index (κ3) is 4.43. The van der Waals surface area contributed by atoms with Crippen molar-refractivity contribution in [1.82, 2.24) is 10.2 Å². The Labute approximate surface area is 127 Å². The quantitative estimate of drug-likeness (QED) is 0.823. The fourth-order valence-corrected chi connectivity index (χ4v) is 3.74. The van der Waals surface area contributed by atoms with Crippen molar-refractivity contribution >= 4 is 11.8 Å². The second-order valence-electron chi connectivity index (χ2n) is 6.54. The Morgan fingerprint density at radius 3 is 2.71 bits per heavy atom. The lowest BCUT2D eigenvalue weighted by molar-refractivity contribution is -0.142. The van der Waals surface area contributed by atoms with Crippen molar-refractivity contribution < 1.29 is 9.59 Å². The second kappa shape index (κ2) is 7.78. The average Bonchev–Trinajstić information content (AvgIpc) is 2.52. The lowest BCUT2D eigenvalue weighted by atomic mass is 9.83. The van der Waals surface area contributed by atoms with E-state index in [1.165, 1.54) is 12.8 Å². The van der Waals surface area contributed by atoms with E-state index in [9.17, 15) is 9.59 Å². The number of likely N-dealkylation sites (tertiary alicyclic amines) is 1. The highest BCUT2D eigenvalue weighted by atomic mass is 16.2. The van der Waals surface area contributed by atoms with Crippen LogP contribution in [0, 0.1) is 5.92 Å². The number of rotatable bonds is 4. The van der Waals surface area contributed by atoms with Crippen molar-refractivity contribution in [3.05, 3.63) is 0 Å². The molecule has 120 valence electrons. The predicted octanol–water partition coefficient (Wildman–Crippen LogP) is 1.41. The Balaban J connectivity index is 1.84. The maximum atomic E-state index is 12.5. The van der Waals surface area contributed by atoms with Gasteiger partial charge in [0.15, 0.2) is 0 Å². The Morgan fingerprint density at radius 2 is 2.00 bits per heavy atom. The van der Waals surface area contributed by atoms with E-state index in [0.29, 0.717) is 18.4 Å². The summed E-state index contributed by atoms with van der Waals surface area (Å²) in [5.41, 5.74) is 6.01. The average molecular weight is 295 g/mol. The molecule has 2 amide bonds. The van der Waals surface area contributed by atoms with Gasteiger partial charge in [-0.3, -0.25) is 9.59 Å². The third-order valence-electron chi connectivity index (χ3n) is 4.96. The smallest absolute Gasteiger partial charge is 0.242 e. The van der Waals surface area contributed by atoms with Crippen LogP contribution in [0.3, 0.4) is 0 Å². The van der Waals surface area contributed by atoms with E-state index >= 15 is 0 Å². The number of amides is 2. The summed E-state index contributed by atoms with van der Waals surface area (Å²) in [4.78, 5) is 26.2. The normalized spacial score (nSPS) is 30.0. The molecule has 2 rings (SSSR count). The monoisotopic (exact) mass is 295 g/mol. The number of hydrogen-bond donors (Lipinski definition) is 2. The van der Waals surface area contributed by atoms with Gasteiger partial charge in [-0.2, -0.15) is 0 Å². The summed E-state index contributed by atoms with van der Waals surface area (Å²) in [6, 6.07) is 0.0531. The van der Waals surface area contributed by atoms with Gasteiger partial charge in [-0.1, -0.05) is 12.8 Å². The predicted molar refractivity (Wildman–Crippen MR) is 82.6 cm³/mol. The number of carbonyl (C=O) groups is 2. The van der Waals surface area contributed by atoms with Gasteiger partial charge < -0.3 is 16.0 Å². The van der Waals surface area contributed by atoms with Gasteiger partial charge >= 0.3 is 0 Å². The Bertz CT molecular complexity index is 373. The first-order valence-electron chi connectivity index (χ1n) is 8.38. The lowest BCUT2D eigenvalue weighted by Gasteiger charge is -2.35. The highest BCUT2D eigenvalue weighted by Crippen LogP contribution is 2.28. The molecule has 3 unspecified atom stereocenters. The number of likely N-dealkylation sites (N-methyl/N-ethyl adjacent to an activating group) is 1.